The molecule has 7 heteroatoms. The number of nitrogen functional groups attached to an aromatic ring is 1. The molecule has 0 aliphatic carbocycles. The minimum Gasteiger partial charge on any atom is -0.399 e. The van der Waals surface area contributed by atoms with Gasteiger partial charge < -0.3 is 10.7 Å². The van der Waals surface area contributed by atoms with E-state index in [1.165, 1.54) is 10.5 Å². The predicted octanol–water partition coefficient (Wildman–Crippen LogP) is 1.94. The van der Waals surface area contributed by atoms with E-state index in [9.17, 15) is 8.42 Å². The fourth-order valence-corrected chi connectivity index (χ4v) is 3.33. The third-order valence-corrected chi connectivity index (χ3v) is 5.37. The highest BCUT2D eigenvalue weighted by Gasteiger charge is 2.28. The summed E-state index contributed by atoms with van der Waals surface area (Å²) in [6.07, 6.45) is 2.01. The Morgan fingerprint density at radius 2 is 2.14 bits per heavy atom. The molecular weight excluding hydrogens is 288 g/mol. The van der Waals surface area contributed by atoms with Crippen molar-refractivity contribution < 1.29 is 8.42 Å². The van der Waals surface area contributed by atoms with Gasteiger partial charge in [0.05, 0.1) is 6.20 Å². The van der Waals surface area contributed by atoms with Gasteiger partial charge in [-0.15, -0.1) is 0 Å². The number of nitrogens with zero attached hydrogens (tertiary/aromatic N) is 2. The van der Waals surface area contributed by atoms with E-state index in [2.05, 4.69) is 9.97 Å². The van der Waals surface area contributed by atoms with Gasteiger partial charge in [-0.05, 0) is 24.6 Å². The van der Waals surface area contributed by atoms with E-state index in [1.54, 1.807) is 19.2 Å². The summed E-state index contributed by atoms with van der Waals surface area (Å²) in [6.45, 7) is 3.73. The molecule has 0 spiro atoms. The van der Waals surface area contributed by atoms with Crippen molar-refractivity contribution in [3.8, 4) is 0 Å². The summed E-state index contributed by atoms with van der Waals surface area (Å²) in [5.74, 6) is 0.651. The lowest BCUT2D eigenvalue weighted by Crippen LogP contribution is -2.30. The molecule has 1 aromatic carbocycles. The summed E-state index contributed by atoms with van der Waals surface area (Å²) in [4.78, 5) is 6.88. The lowest BCUT2D eigenvalue weighted by molar-refractivity contribution is 0.397. The molecule has 0 aliphatic rings. The first-order valence-corrected chi connectivity index (χ1v) is 8.17. The van der Waals surface area contributed by atoms with Crippen molar-refractivity contribution in [2.75, 3.05) is 12.8 Å². The number of nitrogens with one attached hydrogen (secondary N) is 1. The second-order valence-corrected chi connectivity index (χ2v) is 6.88. The number of aromatic amines is 1. The van der Waals surface area contributed by atoms with E-state index in [-0.39, 0.29) is 11.1 Å². The largest absolute Gasteiger partial charge is 0.399 e. The van der Waals surface area contributed by atoms with Gasteiger partial charge in [0.15, 0.2) is 5.03 Å². The minimum atomic E-state index is -3.61. The number of anilines is 1. The van der Waals surface area contributed by atoms with Crippen LogP contribution in [0.3, 0.4) is 0 Å². The van der Waals surface area contributed by atoms with Crippen LogP contribution in [-0.4, -0.2) is 29.7 Å². The number of aryl methyl sites for hydroxylation is 1. The number of sulfonamides is 1. The Kier molecular flexibility index (Phi) is 4.34. The van der Waals surface area contributed by atoms with Crippen molar-refractivity contribution in [1.29, 1.82) is 0 Å². The standard InChI is InChI=1S/C14H20N4O2S/c1-4-13-16-9-14(17-13)21(19,20)18(3)10(2)11-6-5-7-12(15)8-11/h5-10H,4,15H2,1-3H3,(H,16,17). The Hall–Kier alpha value is -1.86. The molecule has 1 heterocycles. The minimum absolute atomic E-state index is 0.109. The number of nitrogens with two attached hydrogens (primary N) is 1. The van der Waals surface area contributed by atoms with Crippen LogP contribution in [0.1, 0.15) is 31.3 Å². The lowest BCUT2D eigenvalue weighted by Gasteiger charge is -2.24. The maximum absolute atomic E-state index is 12.6. The second-order valence-electron chi connectivity index (χ2n) is 4.92. The summed E-state index contributed by atoms with van der Waals surface area (Å²) in [5.41, 5.74) is 7.21. The number of imidazole rings is 1. The van der Waals surface area contributed by atoms with Crippen LogP contribution in [0.2, 0.25) is 0 Å². The fraction of sp³-hybridized carbons (Fsp3) is 0.357. The maximum Gasteiger partial charge on any atom is 0.260 e. The highest BCUT2D eigenvalue weighted by molar-refractivity contribution is 7.89. The van der Waals surface area contributed by atoms with E-state index in [1.807, 2.05) is 26.0 Å². The summed E-state index contributed by atoms with van der Waals surface area (Å²) in [6, 6.07) is 6.89. The van der Waals surface area contributed by atoms with Gasteiger partial charge in [-0.3, -0.25) is 0 Å². The number of hydrogen-bond acceptors (Lipinski definition) is 4. The van der Waals surface area contributed by atoms with Crippen LogP contribution < -0.4 is 5.73 Å². The fourth-order valence-electron chi connectivity index (χ4n) is 2.05. The molecule has 21 heavy (non-hydrogen) atoms. The van der Waals surface area contributed by atoms with E-state index in [0.29, 0.717) is 17.9 Å². The zero-order valence-corrected chi connectivity index (χ0v) is 13.2. The van der Waals surface area contributed by atoms with E-state index in [0.717, 1.165) is 5.56 Å². The Labute approximate surface area is 125 Å². The van der Waals surface area contributed by atoms with E-state index >= 15 is 0 Å². The van der Waals surface area contributed by atoms with Gasteiger partial charge in [0.1, 0.15) is 5.82 Å². The third-order valence-electron chi connectivity index (χ3n) is 3.54. The molecule has 6 nitrogen and oxygen atoms in total. The summed E-state index contributed by atoms with van der Waals surface area (Å²) >= 11 is 0. The summed E-state index contributed by atoms with van der Waals surface area (Å²) < 4.78 is 26.5. The Balaban J connectivity index is 2.31. The van der Waals surface area contributed by atoms with E-state index in [4.69, 9.17) is 5.73 Å². The quantitative estimate of drug-likeness (QED) is 0.826. The molecule has 0 aliphatic heterocycles. The van der Waals surface area contributed by atoms with Crippen molar-refractivity contribution in [1.82, 2.24) is 14.3 Å². The number of benzene rings is 1. The molecule has 0 saturated carbocycles. The summed E-state index contributed by atoms with van der Waals surface area (Å²) in [7, 11) is -2.06. The normalized spacial score (nSPS) is 13.5. The number of H-pyrrole nitrogens is 1. The first-order chi connectivity index (χ1) is 9.86. The number of aromatic nitrogens is 2. The monoisotopic (exact) mass is 308 g/mol. The second kappa shape index (κ2) is 5.87. The van der Waals surface area contributed by atoms with Crippen LogP contribution in [-0.2, 0) is 16.4 Å². The smallest absolute Gasteiger partial charge is 0.260 e. The predicted molar refractivity (Wildman–Crippen MR) is 82.2 cm³/mol. The van der Waals surface area contributed by atoms with Gasteiger partial charge in [-0.2, -0.15) is 4.31 Å². The van der Waals surface area contributed by atoms with Crippen LogP contribution in [0.5, 0.6) is 0 Å². The molecule has 0 radical (unpaired) electrons. The molecule has 3 N–H and O–H groups in total. The van der Waals surface area contributed by atoms with Gasteiger partial charge in [0, 0.05) is 25.2 Å². The molecular formula is C14H20N4O2S. The van der Waals surface area contributed by atoms with Crippen LogP contribution in [0.4, 0.5) is 5.69 Å². The van der Waals surface area contributed by atoms with Crippen LogP contribution in [0.25, 0.3) is 0 Å². The van der Waals surface area contributed by atoms with E-state index < -0.39 is 10.0 Å². The highest BCUT2D eigenvalue weighted by atomic mass is 32.2. The molecule has 0 bridgehead atoms. The van der Waals surface area contributed by atoms with Gasteiger partial charge in [0.25, 0.3) is 10.0 Å². The van der Waals surface area contributed by atoms with Crippen LogP contribution >= 0.6 is 0 Å². The molecule has 1 unspecified atom stereocenters. The van der Waals surface area contributed by atoms with Crippen molar-refractivity contribution in [3.05, 3.63) is 41.9 Å². The van der Waals surface area contributed by atoms with Gasteiger partial charge in [0.2, 0.25) is 0 Å². The molecule has 1 atom stereocenters. The first kappa shape index (κ1) is 15.5. The number of hydrogen-bond donors (Lipinski definition) is 2. The van der Waals surface area contributed by atoms with Gasteiger partial charge >= 0.3 is 0 Å². The Morgan fingerprint density at radius 3 is 2.71 bits per heavy atom. The zero-order valence-electron chi connectivity index (χ0n) is 12.4. The van der Waals surface area contributed by atoms with Crippen molar-refractivity contribution in [2.45, 2.75) is 31.3 Å². The molecule has 0 fully saturated rings. The first-order valence-electron chi connectivity index (χ1n) is 6.73. The molecule has 1 aromatic heterocycles. The zero-order chi connectivity index (χ0) is 15.6. The molecule has 2 aromatic rings. The Bertz CT molecular complexity index is 724. The maximum atomic E-state index is 12.6. The Morgan fingerprint density at radius 1 is 1.43 bits per heavy atom. The van der Waals surface area contributed by atoms with Crippen LogP contribution in [0.15, 0.2) is 35.5 Å². The number of rotatable bonds is 5. The van der Waals surface area contributed by atoms with Crippen molar-refractivity contribution >= 4 is 15.7 Å². The average Bonchev–Trinajstić information content (AvgIpc) is 2.95. The molecule has 0 amide bonds. The van der Waals surface area contributed by atoms with Crippen molar-refractivity contribution in [3.63, 3.8) is 0 Å². The van der Waals surface area contributed by atoms with Gasteiger partial charge in [-0.1, -0.05) is 19.1 Å². The van der Waals surface area contributed by atoms with Crippen LogP contribution in [0, 0.1) is 0 Å². The third kappa shape index (κ3) is 3.08. The lowest BCUT2D eigenvalue weighted by atomic mass is 10.1. The summed E-state index contributed by atoms with van der Waals surface area (Å²) in [5, 5.41) is 0.109. The molecule has 2 rings (SSSR count). The molecule has 0 saturated heterocycles. The topological polar surface area (TPSA) is 92.1 Å². The molecule has 114 valence electrons. The highest BCUT2D eigenvalue weighted by Crippen LogP contribution is 2.26. The van der Waals surface area contributed by atoms with Crippen molar-refractivity contribution in [2.24, 2.45) is 0 Å². The SMILES string of the molecule is CCc1ncc(S(=O)(=O)N(C)C(C)c2cccc(N)c2)[nH]1. The van der Waals surface area contributed by atoms with Gasteiger partial charge in [-0.25, -0.2) is 13.4 Å². The average molecular weight is 308 g/mol.